The number of hydrogen-bond donors (Lipinski definition) is 0. The molecule has 19 heavy (non-hydrogen) atoms. The van der Waals surface area contributed by atoms with Crippen LogP contribution >= 0.6 is 0 Å². The summed E-state index contributed by atoms with van der Waals surface area (Å²) in [4.78, 5) is 22.8. The third-order valence-electron chi connectivity index (χ3n) is 2.05. The van der Waals surface area contributed by atoms with E-state index in [1.165, 1.54) is 32.2 Å². The number of rotatable bonds is 3. The molecule has 0 atom stereocenters. The van der Waals surface area contributed by atoms with Crippen LogP contribution in [0.25, 0.3) is 0 Å². The van der Waals surface area contributed by atoms with Crippen LogP contribution in [0.5, 0.6) is 11.5 Å². The summed E-state index contributed by atoms with van der Waals surface area (Å²) < 4.78 is 15.3. The molecule has 0 spiro atoms. The first-order valence-electron chi connectivity index (χ1n) is 5.83. The number of carbonyl (C=O) groups is 2. The minimum absolute atomic E-state index is 0.266. The standard InChI is InChI=1S/C14H18O5/c1-9(15)18-11-7-6-10(8-12(11)17-5)13(16)19-14(2,3)4/h6-8H,1-5H3. The lowest BCUT2D eigenvalue weighted by Crippen LogP contribution is -2.23. The molecule has 1 aromatic carbocycles. The van der Waals surface area contributed by atoms with E-state index in [1.807, 2.05) is 0 Å². The maximum Gasteiger partial charge on any atom is 0.338 e. The first-order valence-corrected chi connectivity index (χ1v) is 5.83. The fourth-order valence-corrected chi connectivity index (χ4v) is 1.37. The first kappa shape index (κ1) is 15.0. The Morgan fingerprint density at radius 2 is 1.74 bits per heavy atom. The number of benzene rings is 1. The van der Waals surface area contributed by atoms with Gasteiger partial charge in [-0.05, 0) is 39.0 Å². The lowest BCUT2D eigenvalue weighted by molar-refractivity contribution is -0.132. The van der Waals surface area contributed by atoms with Crippen molar-refractivity contribution in [3.05, 3.63) is 23.8 Å². The Morgan fingerprint density at radius 1 is 1.11 bits per heavy atom. The molecule has 1 aromatic rings. The third-order valence-corrected chi connectivity index (χ3v) is 2.05. The molecule has 5 nitrogen and oxygen atoms in total. The highest BCUT2D eigenvalue weighted by Gasteiger charge is 2.19. The van der Waals surface area contributed by atoms with Crippen molar-refractivity contribution in [3.8, 4) is 11.5 Å². The maximum absolute atomic E-state index is 11.9. The Hall–Kier alpha value is -2.04. The summed E-state index contributed by atoms with van der Waals surface area (Å²) in [6, 6.07) is 4.50. The quantitative estimate of drug-likeness (QED) is 0.621. The zero-order valence-electron chi connectivity index (χ0n) is 11.8. The van der Waals surface area contributed by atoms with E-state index in [9.17, 15) is 9.59 Å². The van der Waals surface area contributed by atoms with Crippen molar-refractivity contribution in [2.75, 3.05) is 7.11 Å². The molecular weight excluding hydrogens is 248 g/mol. The molecule has 0 saturated heterocycles. The van der Waals surface area contributed by atoms with Gasteiger partial charge in [0.05, 0.1) is 12.7 Å². The van der Waals surface area contributed by atoms with Gasteiger partial charge in [-0.25, -0.2) is 4.79 Å². The molecule has 0 aliphatic rings. The Morgan fingerprint density at radius 3 is 2.21 bits per heavy atom. The van der Waals surface area contributed by atoms with Crippen LogP contribution in [0.2, 0.25) is 0 Å². The molecule has 104 valence electrons. The first-order chi connectivity index (χ1) is 8.73. The molecule has 5 heteroatoms. The van der Waals surface area contributed by atoms with Crippen LogP contribution in [-0.4, -0.2) is 24.6 Å². The molecule has 0 unspecified atom stereocenters. The maximum atomic E-state index is 11.9. The molecule has 0 aliphatic carbocycles. The van der Waals surface area contributed by atoms with Crippen molar-refractivity contribution < 1.29 is 23.8 Å². The van der Waals surface area contributed by atoms with E-state index in [2.05, 4.69) is 0 Å². The number of methoxy groups -OCH3 is 1. The van der Waals surface area contributed by atoms with Crippen LogP contribution in [-0.2, 0) is 9.53 Å². The average molecular weight is 266 g/mol. The molecule has 0 amide bonds. The van der Waals surface area contributed by atoms with Gasteiger partial charge < -0.3 is 14.2 Å². The van der Waals surface area contributed by atoms with Gasteiger partial charge in [0.2, 0.25) is 0 Å². The zero-order chi connectivity index (χ0) is 14.6. The van der Waals surface area contributed by atoms with Crippen LogP contribution in [0.1, 0.15) is 38.1 Å². The van der Waals surface area contributed by atoms with E-state index < -0.39 is 17.5 Å². The predicted molar refractivity (Wildman–Crippen MR) is 69.5 cm³/mol. The fourth-order valence-electron chi connectivity index (χ4n) is 1.37. The molecule has 0 radical (unpaired) electrons. The van der Waals surface area contributed by atoms with E-state index in [4.69, 9.17) is 14.2 Å². The second-order valence-corrected chi connectivity index (χ2v) is 4.96. The highest BCUT2D eigenvalue weighted by Crippen LogP contribution is 2.29. The molecule has 0 bridgehead atoms. The zero-order valence-corrected chi connectivity index (χ0v) is 11.8. The predicted octanol–water partition coefficient (Wildman–Crippen LogP) is 2.58. The van der Waals surface area contributed by atoms with Crippen molar-refractivity contribution >= 4 is 11.9 Å². The number of ether oxygens (including phenoxy) is 3. The van der Waals surface area contributed by atoms with Crippen LogP contribution in [0.4, 0.5) is 0 Å². The monoisotopic (exact) mass is 266 g/mol. The normalized spacial score (nSPS) is 10.8. The third kappa shape index (κ3) is 4.62. The van der Waals surface area contributed by atoms with Crippen molar-refractivity contribution in [2.24, 2.45) is 0 Å². The van der Waals surface area contributed by atoms with Crippen molar-refractivity contribution in [1.82, 2.24) is 0 Å². The Kier molecular flexibility index (Phi) is 4.53. The van der Waals surface area contributed by atoms with Gasteiger partial charge >= 0.3 is 11.9 Å². The van der Waals surface area contributed by atoms with E-state index in [0.717, 1.165) is 0 Å². The van der Waals surface area contributed by atoms with Gasteiger partial charge in [0.1, 0.15) is 5.60 Å². The van der Waals surface area contributed by atoms with E-state index >= 15 is 0 Å². The Bertz CT molecular complexity index is 485. The highest BCUT2D eigenvalue weighted by atomic mass is 16.6. The largest absolute Gasteiger partial charge is 0.493 e. The summed E-state index contributed by atoms with van der Waals surface area (Å²) in [5.41, 5.74) is -0.235. The van der Waals surface area contributed by atoms with Gasteiger partial charge in [-0.3, -0.25) is 4.79 Å². The van der Waals surface area contributed by atoms with Crippen LogP contribution in [0, 0.1) is 0 Å². The summed E-state index contributed by atoms with van der Waals surface area (Å²) in [5.74, 6) is -0.343. The van der Waals surface area contributed by atoms with Crippen LogP contribution < -0.4 is 9.47 Å². The van der Waals surface area contributed by atoms with Crippen molar-refractivity contribution in [1.29, 1.82) is 0 Å². The number of hydrogen-bond acceptors (Lipinski definition) is 5. The van der Waals surface area contributed by atoms with Gasteiger partial charge in [0, 0.05) is 6.92 Å². The minimum atomic E-state index is -0.571. The molecule has 0 saturated carbocycles. The molecule has 1 rings (SSSR count). The second-order valence-electron chi connectivity index (χ2n) is 4.96. The Balaban J connectivity index is 2.99. The van der Waals surface area contributed by atoms with E-state index in [0.29, 0.717) is 11.3 Å². The van der Waals surface area contributed by atoms with Gasteiger partial charge in [-0.1, -0.05) is 0 Å². The minimum Gasteiger partial charge on any atom is -0.493 e. The van der Waals surface area contributed by atoms with Gasteiger partial charge in [0.25, 0.3) is 0 Å². The smallest absolute Gasteiger partial charge is 0.338 e. The SMILES string of the molecule is COc1cc(C(=O)OC(C)(C)C)ccc1OC(C)=O. The van der Waals surface area contributed by atoms with Gasteiger partial charge in [-0.2, -0.15) is 0 Å². The van der Waals surface area contributed by atoms with Crippen molar-refractivity contribution in [3.63, 3.8) is 0 Å². The molecular formula is C14H18O5. The summed E-state index contributed by atoms with van der Waals surface area (Å²) in [5, 5.41) is 0. The molecule has 0 heterocycles. The van der Waals surface area contributed by atoms with E-state index in [-0.39, 0.29) is 5.75 Å². The van der Waals surface area contributed by atoms with E-state index in [1.54, 1.807) is 20.8 Å². The van der Waals surface area contributed by atoms with Gasteiger partial charge in [-0.15, -0.1) is 0 Å². The number of esters is 2. The second kappa shape index (κ2) is 5.73. The summed E-state index contributed by atoms with van der Waals surface area (Å²) >= 11 is 0. The lowest BCUT2D eigenvalue weighted by Gasteiger charge is -2.19. The highest BCUT2D eigenvalue weighted by molar-refractivity contribution is 5.90. The molecule has 0 N–H and O–H groups in total. The van der Waals surface area contributed by atoms with Crippen molar-refractivity contribution in [2.45, 2.75) is 33.3 Å². The molecule has 0 fully saturated rings. The Labute approximate surface area is 112 Å². The summed E-state index contributed by atoms with van der Waals surface area (Å²) in [6.45, 7) is 6.65. The topological polar surface area (TPSA) is 61.8 Å². The number of carbonyl (C=O) groups excluding carboxylic acids is 2. The average Bonchev–Trinajstić information content (AvgIpc) is 2.26. The van der Waals surface area contributed by atoms with Crippen LogP contribution in [0.3, 0.4) is 0 Å². The van der Waals surface area contributed by atoms with Crippen LogP contribution in [0.15, 0.2) is 18.2 Å². The van der Waals surface area contributed by atoms with Gasteiger partial charge in [0.15, 0.2) is 11.5 Å². The molecule has 0 aliphatic heterocycles. The fraction of sp³-hybridized carbons (Fsp3) is 0.429. The summed E-state index contributed by atoms with van der Waals surface area (Å²) in [7, 11) is 1.43. The lowest BCUT2D eigenvalue weighted by atomic mass is 10.1. The summed E-state index contributed by atoms with van der Waals surface area (Å²) in [6.07, 6.45) is 0. The molecule has 0 aromatic heterocycles.